The maximum Gasteiger partial charge on any atom is -0.0352 e. The first kappa shape index (κ1) is 6.69. The van der Waals surface area contributed by atoms with Gasteiger partial charge >= 0.3 is 0 Å². The molecule has 0 aromatic carbocycles. The third-order valence-electron chi connectivity index (χ3n) is 3.03. The van der Waals surface area contributed by atoms with E-state index in [1.807, 2.05) is 0 Å². The summed E-state index contributed by atoms with van der Waals surface area (Å²) in [6.45, 7) is 0. The van der Waals surface area contributed by atoms with E-state index in [1.165, 1.54) is 38.5 Å². The topological polar surface area (TPSA) is 0 Å². The molecule has 0 aliphatic heterocycles. The van der Waals surface area contributed by atoms with Crippen LogP contribution >= 0.6 is 0 Å². The average molecular weight is 136 g/mol. The maximum atomic E-state index is 2.56. The quantitative estimate of drug-likeness (QED) is 0.520. The molecule has 0 heteroatoms. The zero-order valence-electron chi connectivity index (χ0n) is 6.55. The van der Waals surface area contributed by atoms with Gasteiger partial charge in [-0.1, -0.05) is 6.42 Å². The van der Waals surface area contributed by atoms with Crippen LogP contribution in [-0.2, 0) is 0 Å². The summed E-state index contributed by atoms with van der Waals surface area (Å²) in [4.78, 5) is 0. The van der Waals surface area contributed by atoms with Crippen molar-refractivity contribution in [3.8, 4) is 0 Å². The zero-order valence-corrected chi connectivity index (χ0v) is 6.55. The summed E-state index contributed by atoms with van der Waals surface area (Å²) in [5.74, 6) is 2.04. The third-order valence-corrected chi connectivity index (χ3v) is 3.03. The second kappa shape index (κ2) is 2.94. The van der Waals surface area contributed by atoms with Crippen LogP contribution in [0.3, 0.4) is 0 Å². The largest absolute Gasteiger partial charge is 0.0527 e. The Morgan fingerprint density at radius 1 is 1.10 bits per heavy atom. The van der Waals surface area contributed by atoms with Crippen LogP contribution in [0.1, 0.15) is 38.5 Å². The summed E-state index contributed by atoms with van der Waals surface area (Å²) in [6, 6.07) is 0. The molecule has 0 heterocycles. The molecular formula is C10H16. The second-order valence-corrected chi connectivity index (χ2v) is 3.69. The maximum absolute atomic E-state index is 2.56. The fourth-order valence-electron chi connectivity index (χ4n) is 2.40. The van der Waals surface area contributed by atoms with Gasteiger partial charge < -0.3 is 0 Å². The van der Waals surface area contributed by atoms with Crippen molar-refractivity contribution in [3.05, 3.63) is 12.8 Å². The lowest BCUT2D eigenvalue weighted by Gasteiger charge is -2.15. The number of hydrogen-bond donors (Lipinski definition) is 0. The monoisotopic (exact) mass is 136 g/mol. The van der Waals surface area contributed by atoms with Crippen LogP contribution in [0.5, 0.6) is 0 Å². The van der Waals surface area contributed by atoms with Crippen LogP contribution < -0.4 is 0 Å². The van der Waals surface area contributed by atoms with Crippen LogP contribution in [-0.4, -0.2) is 0 Å². The van der Waals surface area contributed by atoms with E-state index in [1.54, 1.807) is 0 Å². The molecule has 2 radical (unpaired) electrons. The molecule has 0 amide bonds. The standard InChI is InChI=1S/C10H16/c1-2-6-9(5-1)10-7-3-4-8-10/h1,7,9-10H,2-6,8H2. The van der Waals surface area contributed by atoms with E-state index in [0.717, 1.165) is 11.8 Å². The van der Waals surface area contributed by atoms with Crippen molar-refractivity contribution < 1.29 is 0 Å². The average Bonchev–Trinajstić information content (AvgIpc) is 2.59. The summed E-state index contributed by atoms with van der Waals surface area (Å²) in [5.41, 5.74) is 0. The van der Waals surface area contributed by atoms with Gasteiger partial charge in [0.25, 0.3) is 0 Å². The summed E-state index contributed by atoms with van der Waals surface area (Å²) in [7, 11) is 0. The van der Waals surface area contributed by atoms with Gasteiger partial charge in [-0.3, -0.25) is 0 Å². The van der Waals surface area contributed by atoms with E-state index in [0.29, 0.717) is 0 Å². The zero-order chi connectivity index (χ0) is 6.81. The van der Waals surface area contributed by atoms with E-state index in [4.69, 9.17) is 0 Å². The molecule has 0 spiro atoms. The third kappa shape index (κ3) is 1.21. The summed E-state index contributed by atoms with van der Waals surface area (Å²) in [5, 5.41) is 0. The van der Waals surface area contributed by atoms with Gasteiger partial charge in [0, 0.05) is 0 Å². The Morgan fingerprint density at radius 2 is 2.10 bits per heavy atom. The van der Waals surface area contributed by atoms with Crippen LogP contribution in [0.25, 0.3) is 0 Å². The fraction of sp³-hybridized carbons (Fsp3) is 0.800. The Labute approximate surface area is 64.0 Å². The van der Waals surface area contributed by atoms with Crippen molar-refractivity contribution >= 4 is 0 Å². The van der Waals surface area contributed by atoms with Gasteiger partial charge in [-0.2, -0.15) is 0 Å². The van der Waals surface area contributed by atoms with Crippen LogP contribution in [0.15, 0.2) is 0 Å². The molecule has 2 rings (SSSR count). The van der Waals surface area contributed by atoms with Gasteiger partial charge in [-0.15, -0.1) is 0 Å². The Morgan fingerprint density at radius 3 is 2.70 bits per heavy atom. The molecule has 56 valence electrons. The highest BCUT2D eigenvalue weighted by Gasteiger charge is 2.27. The van der Waals surface area contributed by atoms with E-state index in [9.17, 15) is 0 Å². The Balaban J connectivity index is 1.85. The van der Waals surface area contributed by atoms with Crippen molar-refractivity contribution in [2.75, 3.05) is 0 Å². The Bertz CT molecular complexity index is 80.6. The van der Waals surface area contributed by atoms with E-state index >= 15 is 0 Å². The normalized spacial score (nSPS) is 30.0. The first-order chi connectivity index (χ1) is 4.97. The summed E-state index contributed by atoms with van der Waals surface area (Å²) in [6.07, 6.45) is 13.6. The lowest BCUT2D eigenvalue weighted by molar-refractivity contribution is 0.396. The predicted octanol–water partition coefficient (Wildman–Crippen LogP) is 3.00. The van der Waals surface area contributed by atoms with Crippen molar-refractivity contribution in [2.24, 2.45) is 11.8 Å². The molecule has 2 aliphatic rings. The molecule has 2 fully saturated rings. The highest BCUT2D eigenvalue weighted by Crippen LogP contribution is 2.39. The molecule has 0 aromatic heterocycles. The van der Waals surface area contributed by atoms with Crippen molar-refractivity contribution in [3.63, 3.8) is 0 Å². The van der Waals surface area contributed by atoms with Crippen LogP contribution in [0, 0.1) is 24.7 Å². The Kier molecular flexibility index (Phi) is 1.97. The molecule has 0 aromatic rings. The SMILES string of the molecule is [CH]1CCC(C2[CH]CCC2)C1. The van der Waals surface area contributed by atoms with Crippen LogP contribution in [0.4, 0.5) is 0 Å². The number of rotatable bonds is 1. The molecule has 2 saturated carbocycles. The molecule has 0 nitrogen and oxygen atoms in total. The minimum Gasteiger partial charge on any atom is -0.0527 e. The van der Waals surface area contributed by atoms with Gasteiger partial charge in [0.2, 0.25) is 0 Å². The minimum absolute atomic E-state index is 0.999. The smallest absolute Gasteiger partial charge is 0.0352 e. The first-order valence-electron chi connectivity index (χ1n) is 4.62. The molecule has 0 saturated heterocycles. The second-order valence-electron chi connectivity index (χ2n) is 3.69. The molecule has 2 unspecified atom stereocenters. The predicted molar refractivity (Wildman–Crippen MR) is 43.3 cm³/mol. The number of hydrogen-bond acceptors (Lipinski definition) is 0. The van der Waals surface area contributed by atoms with Crippen molar-refractivity contribution in [2.45, 2.75) is 38.5 Å². The van der Waals surface area contributed by atoms with E-state index in [-0.39, 0.29) is 0 Å². The molecule has 10 heavy (non-hydrogen) atoms. The lowest BCUT2D eigenvalue weighted by Crippen LogP contribution is -2.06. The molecule has 0 bridgehead atoms. The van der Waals surface area contributed by atoms with Gasteiger partial charge in [0.05, 0.1) is 0 Å². The van der Waals surface area contributed by atoms with Gasteiger partial charge in [-0.05, 0) is 56.8 Å². The molecule has 0 N–H and O–H groups in total. The van der Waals surface area contributed by atoms with Gasteiger partial charge in [-0.25, -0.2) is 0 Å². The highest BCUT2D eigenvalue weighted by atomic mass is 14.3. The van der Waals surface area contributed by atoms with Gasteiger partial charge in [0.1, 0.15) is 0 Å². The van der Waals surface area contributed by atoms with E-state index in [2.05, 4.69) is 12.8 Å². The van der Waals surface area contributed by atoms with Gasteiger partial charge in [0.15, 0.2) is 0 Å². The Hall–Kier alpha value is 0. The summed E-state index contributed by atoms with van der Waals surface area (Å²) >= 11 is 0. The summed E-state index contributed by atoms with van der Waals surface area (Å²) < 4.78 is 0. The van der Waals surface area contributed by atoms with E-state index < -0.39 is 0 Å². The highest BCUT2D eigenvalue weighted by molar-refractivity contribution is 4.93. The van der Waals surface area contributed by atoms with Crippen molar-refractivity contribution in [1.82, 2.24) is 0 Å². The lowest BCUT2D eigenvalue weighted by atomic mass is 9.90. The fourth-order valence-corrected chi connectivity index (χ4v) is 2.40. The molecular weight excluding hydrogens is 120 g/mol. The molecule has 2 atom stereocenters. The molecule has 2 aliphatic carbocycles. The first-order valence-corrected chi connectivity index (χ1v) is 4.62. The van der Waals surface area contributed by atoms with Crippen LogP contribution in [0.2, 0.25) is 0 Å². The van der Waals surface area contributed by atoms with Crippen molar-refractivity contribution in [1.29, 1.82) is 0 Å². The minimum atomic E-state index is 0.999.